The van der Waals surface area contributed by atoms with E-state index in [0.29, 0.717) is 23.0 Å². The molecule has 0 aliphatic heterocycles. The quantitative estimate of drug-likeness (QED) is 0.576. The van der Waals surface area contributed by atoms with Gasteiger partial charge in [0.05, 0.1) is 19.6 Å². The molecule has 4 aromatic rings. The molecule has 3 N–H and O–H groups in total. The largest absolute Gasteiger partial charge is 0.493 e. The zero-order chi connectivity index (χ0) is 19.0. The van der Waals surface area contributed by atoms with Crippen LogP contribution in [0.3, 0.4) is 0 Å². The van der Waals surface area contributed by atoms with Crippen molar-refractivity contribution in [3.8, 4) is 33.9 Å². The van der Waals surface area contributed by atoms with E-state index in [1.54, 1.807) is 14.2 Å². The van der Waals surface area contributed by atoms with E-state index in [4.69, 9.17) is 15.2 Å². The first-order chi connectivity index (χ1) is 13.1. The van der Waals surface area contributed by atoms with Crippen molar-refractivity contribution in [1.82, 2.24) is 20.4 Å². The third kappa shape index (κ3) is 2.83. The molecule has 0 atom stereocenters. The van der Waals surface area contributed by atoms with Crippen molar-refractivity contribution in [1.29, 1.82) is 0 Å². The third-order valence-corrected chi connectivity index (χ3v) is 4.51. The summed E-state index contributed by atoms with van der Waals surface area (Å²) in [5.41, 5.74) is 11.2. The first-order valence-corrected chi connectivity index (χ1v) is 8.42. The van der Waals surface area contributed by atoms with Gasteiger partial charge in [-0.15, -0.1) is 10.2 Å². The number of fused-ring (bicyclic) bond motifs is 1. The van der Waals surface area contributed by atoms with Crippen LogP contribution >= 0.6 is 0 Å². The molecule has 136 valence electrons. The van der Waals surface area contributed by atoms with Gasteiger partial charge in [0.25, 0.3) is 0 Å². The molecule has 0 saturated heterocycles. The Morgan fingerprint density at radius 1 is 0.889 bits per heavy atom. The topological polar surface area (TPSA) is 98.9 Å². The number of nitrogens with one attached hydrogen (secondary N) is 1. The van der Waals surface area contributed by atoms with Crippen molar-refractivity contribution in [2.24, 2.45) is 0 Å². The van der Waals surface area contributed by atoms with Gasteiger partial charge in [-0.25, -0.2) is 0 Å². The Kier molecular flexibility index (Phi) is 4.12. The molecule has 0 radical (unpaired) electrons. The highest BCUT2D eigenvalue weighted by Gasteiger charge is 2.20. The number of H-pyrrole nitrogens is 1. The van der Waals surface area contributed by atoms with Crippen molar-refractivity contribution in [2.75, 3.05) is 20.0 Å². The van der Waals surface area contributed by atoms with Gasteiger partial charge in [-0.3, -0.25) is 5.10 Å². The van der Waals surface area contributed by atoms with Crippen LogP contribution in [0.4, 0.5) is 5.82 Å². The van der Waals surface area contributed by atoms with Gasteiger partial charge in [-0.1, -0.05) is 35.9 Å². The normalized spacial score (nSPS) is 10.9. The van der Waals surface area contributed by atoms with Crippen LogP contribution in [-0.4, -0.2) is 34.6 Å². The van der Waals surface area contributed by atoms with Crippen LogP contribution in [0.2, 0.25) is 0 Å². The number of hydrogen-bond acceptors (Lipinski definition) is 6. The number of benzene rings is 2. The second-order valence-corrected chi connectivity index (χ2v) is 6.19. The van der Waals surface area contributed by atoms with Gasteiger partial charge < -0.3 is 15.2 Å². The van der Waals surface area contributed by atoms with Crippen LogP contribution < -0.4 is 15.2 Å². The van der Waals surface area contributed by atoms with E-state index in [2.05, 4.69) is 20.4 Å². The minimum atomic E-state index is 0.373. The lowest BCUT2D eigenvalue weighted by Gasteiger charge is -2.13. The Morgan fingerprint density at radius 3 is 2.30 bits per heavy atom. The van der Waals surface area contributed by atoms with E-state index in [9.17, 15) is 0 Å². The van der Waals surface area contributed by atoms with Crippen molar-refractivity contribution in [2.45, 2.75) is 6.92 Å². The van der Waals surface area contributed by atoms with Gasteiger partial charge >= 0.3 is 0 Å². The first-order valence-electron chi connectivity index (χ1n) is 8.42. The Labute approximate surface area is 156 Å². The summed E-state index contributed by atoms with van der Waals surface area (Å²) in [6.07, 6.45) is 0. The number of anilines is 1. The van der Waals surface area contributed by atoms with E-state index in [-0.39, 0.29) is 0 Å². The maximum absolute atomic E-state index is 6.15. The maximum atomic E-state index is 6.15. The van der Waals surface area contributed by atoms with Gasteiger partial charge in [0.2, 0.25) is 0 Å². The van der Waals surface area contributed by atoms with Crippen LogP contribution in [0.1, 0.15) is 5.56 Å². The number of nitrogens with zero attached hydrogens (tertiary/aromatic N) is 3. The summed E-state index contributed by atoms with van der Waals surface area (Å²) < 4.78 is 10.8. The summed E-state index contributed by atoms with van der Waals surface area (Å²) in [4.78, 5) is 0. The van der Waals surface area contributed by atoms with Crippen molar-refractivity contribution < 1.29 is 9.47 Å². The molecular formula is C20H19N5O2. The number of rotatable bonds is 4. The van der Waals surface area contributed by atoms with Crippen LogP contribution in [0.5, 0.6) is 11.5 Å². The monoisotopic (exact) mass is 361 g/mol. The minimum Gasteiger partial charge on any atom is -0.493 e. The van der Waals surface area contributed by atoms with Gasteiger partial charge in [0.15, 0.2) is 23.0 Å². The molecule has 0 spiro atoms. The van der Waals surface area contributed by atoms with Crippen LogP contribution in [0, 0.1) is 6.92 Å². The molecule has 0 unspecified atom stereocenters. The molecule has 0 saturated carbocycles. The number of nitrogen functional groups attached to an aromatic ring is 1. The molecule has 2 aromatic carbocycles. The number of methoxy groups -OCH3 is 2. The van der Waals surface area contributed by atoms with Gasteiger partial charge in [0, 0.05) is 11.1 Å². The fourth-order valence-corrected chi connectivity index (χ4v) is 3.12. The molecule has 7 nitrogen and oxygen atoms in total. The number of aromatic amines is 1. The lowest BCUT2D eigenvalue weighted by Crippen LogP contribution is -1.97. The third-order valence-electron chi connectivity index (χ3n) is 4.51. The summed E-state index contributed by atoms with van der Waals surface area (Å²) in [7, 11) is 3.21. The van der Waals surface area contributed by atoms with E-state index in [0.717, 1.165) is 27.8 Å². The van der Waals surface area contributed by atoms with Crippen molar-refractivity contribution in [3.63, 3.8) is 0 Å². The maximum Gasteiger partial charge on any atom is 0.180 e. The zero-order valence-corrected chi connectivity index (χ0v) is 15.3. The second kappa shape index (κ2) is 6.60. The highest BCUT2D eigenvalue weighted by atomic mass is 16.5. The number of hydrogen-bond donors (Lipinski definition) is 2. The molecule has 7 heteroatoms. The molecule has 0 fully saturated rings. The zero-order valence-electron chi connectivity index (χ0n) is 15.3. The Balaban J connectivity index is 2.04. The van der Waals surface area contributed by atoms with E-state index in [1.807, 2.05) is 49.4 Å². The lowest BCUT2D eigenvalue weighted by atomic mass is 9.96. The molecule has 0 aliphatic rings. The molecule has 2 aromatic heterocycles. The fraction of sp³-hybridized carbons (Fsp3) is 0.150. The average Bonchev–Trinajstić information content (AvgIpc) is 3.08. The molecule has 27 heavy (non-hydrogen) atoms. The second-order valence-electron chi connectivity index (χ2n) is 6.19. The van der Waals surface area contributed by atoms with Crippen molar-refractivity contribution in [3.05, 3.63) is 48.0 Å². The SMILES string of the molecule is COc1ccc(-c2c(-c3ccc(C)cc3)nnc3[nH]nc(N)c23)cc1OC. The standard InChI is InChI=1S/C20H19N5O2/c1-11-4-6-12(7-5-11)18-16(17-19(21)23-25-20(17)24-22-18)13-8-9-14(26-2)15(10-13)27-3/h4-10H,1-3H3,(H3,21,23,24,25). The lowest BCUT2D eigenvalue weighted by molar-refractivity contribution is 0.355. The van der Waals surface area contributed by atoms with Crippen LogP contribution in [0.15, 0.2) is 42.5 Å². The fourth-order valence-electron chi connectivity index (χ4n) is 3.12. The highest BCUT2D eigenvalue weighted by Crippen LogP contribution is 2.40. The molecule has 0 amide bonds. The smallest absolute Gasteiger partial charge is 0.180 e. The summed E-state index contributed by atoms with van der Waals surface area (Å²) in [5.74, 6) is 1.64. The minimum absolute atomic E-state index is 0.373. The van der Waals surface area contributed by atoms with Gasteiger partial charge in [0.1, 0.15) is 5.69 Å². The molecule has 0 aliphatic carbocycles. The summed E-state index contributed by atoms with van der Waals surface area (Å²) in [6, 6.07) is 13.8. The van der Waals surface area contributed by atoms with E-state index >= 15 is 0 Å². The average molecular weight is 361 g/mol. The molecule has 4 rings (SSSR count). The predicted molar refractivity (Wildman–Crippen MR) is 105 cm³/mol. The number of ether oxygens (including phenoxy) is 2. The molecule has 2 heterocycles. The first kappa shape index (κ1) is 16.8. The number of nitrogens with two attached hydrogens (primary N) is 1. The van der Waals surface area contributed by atoms with Crippen LogP contribution in [0.25, 0.3) is 33.4 Å². The van der Waals surface area contributed by atoms with E-state index in [1.165, 1.54) is 5.56 Å². The Morgan fingerprint density at radius 2 is 1.59 bits per heavy atom. The van der Waals surface area contributed by atoms with Crippen LogP contribution in [-0.2, 0) is 0 Å². The van der Waals surface area contributed by atoms with Crippen molar-refractivity contribution >= 4 is 16.9 Å². The summed E-state index contributed by atoms with van der Waals surface area (Å²) >= 11 is 0. The summed E-state index contributed by atoms with van der Waals surface area (Å²) in [5, 5.41) is 16.4. The number of aromatic nitrogens is 4. The molecule has 0 bridgehead atoms. The van der Waals surface area contributed by atoms with Gasteiger partial charge in [-0.2, -0.15) is 5.10 Å². The highest BCUT2D eigenvalue weighted by molar-refractivity contribution is 6.05. The molecular weight excluding hydrogens is 342 g/mol. The summed E-state index contributed by atoms with van der Waals surface area (Å²) in [6.45, 7) is 2.04. The Hall–Kier alpha value is -3.61. The predicted octanol–water partition coefficient (Wildman–Crippen LogP) is 3.59. The van der Waals surface area contributed by atoms with E-state index < -0.39 is 0 Å². The Bertz CT molecular complexity index is 1120. The van der Waals surface area contributed by atoms with Gasteiger partial charge in [-0.05, 0) is 24.6 Å². The number of aryl methyl sites for hydroxylation is 1.